The van der Waals surface area contributed by atoms with E-state index in [0.29, 0.717) is 33.5 Å². The standard InChI is InChI=1S/C26H20ClN3O5S/c1-2-34-18-12-10-17(11-13-18)29-24(31)25(32)30-28-15-16-6-5-7-19(14-16)35-26(33)23-22(27)20-8-3-4-9-21(20)36-23/h3-15H,2H2,1H3,(H,29,31)(H,30,32)/b28-15+. The largest absolute Gasteiger partial charge is 0.494 e. The van der Waals surface area contributed by atoms with Crippen molar-refractivity contribution in [2.75, 3.05) is 11.9 Å². The van der Waals surface area contributed by atoms with Crippen molar-refractivity contribution < 1.29 is 23.9 Å². The van der Waals surface area contributed by atoms with Crippen LogP contribution >= 0.6 is 22.9 Å². The Hall–Kier alpha value is -4.21. The summed E-state index contributed by atoms with van der Waals surface area (Å²) in [5.74, 6) is -1.46. The highest BCUT2D eigenvalue weighted by molar-refractivity contribution is 7.21. The van der Waals surface area contributed by atoms with Crippen LogP contribution in [0.4, 0.5) is 5.69 Å². The van der Waals surface area contributed by atoms with Gasteiger partial charge in [-0.1, -0.05) is 41.9 Å². The van der Waals surface area contributed by atoms with Crippen LogP contribution in [0.3, 0.4) is 0 Å². The van der Waals surface area contributed by atoms with E-state index < -0.39 is 17.8 Å². The van der Waals surface area contributed by atoms with Gasteiger partial charge in [-0.2, -0.15) is 5.10 Å². The summed E-state index contributed by atoms with van der Waals surface area (Å²) in [4.78, 5) is 37.1. The van der Waals surface area contributed by atoms with Gasteiger partial charge in [0.2, 0.25) is 0 Å². The Morgan fingerprint density at radius 3 is 2.50 bits per heavy atom. The summed E-state index contributed by atoms with van der Waals surface area (Å²) in [5, 5.41) is 7.41. The van der Waals surface area contributed by atoms with E-state index in [1.807, 2.05) is 31.2 Å². The molecule has 3 aromatic carbocycles. The van der Waals surface area contributed by atoms with E-state index >= 15 is 0 Å². The van der Waals surface area contributed by atoms with E-state index in [1.54, 1.807) is 48.5 Å². The summed E-state index contributed by atoms with van der Waals surface area (Å²) in [7, 11) is 0. The van der Waals surface area contributed by atoms with Crippen molar-refractivity contribution in [3.05, 3.63) is 88.3 Å². The molecule has 10 heteroatoms. The first kappa shape index (κ1) is 24.9. The lowest BCUT2D eigenvalue weighted by atomic mass is 10.2. The van der Waals surface area contributed by atoms with Gasteiger partial charge in [-0.15, -0.1) is 11.3 Å². The highest BCUT2D eigenvalue weighted by Gasteiger charge is 2.19. The van der Waals surface area contributed by atoms with Crippen LogP contribution in [0.5, 0.6) is 11.5 Å². The zero-order chi connectivity index (χ0) is 25.5. The molecule has 0 fully saturated rings. The van der Waals surface area contributed by atoms with Crippen LogP contribution in [0.25, 0.3) is 10.1 Å². The number of rotatable bonds is 7. The second-order valence-electron chi connectivity index (χ2n) is 7.31. The van der Waals surface area contributed by atoms with Gasteiger partial charge in [-0.05, 0) is 55.0 Å². The number of hydrogen-bond donors (Lipinski definition) is 2. The van der Waals surface area contributed by atoms with Crippen molar-refractivity contribution in [1.29, 1.82) is 0 Å². The topological polar surface area (TPSA) is 106 Å². The third kappa shape index (κ3) is 6.07. The second-order valence-corrected chi connectivity index (χ2v) is 8.74. The maximum Gasteiger partial charge on any atom is 0.355 e. The fourth-order valence-electron chi connectivity index (χ4n) is 3.16. The minimum absolute atomic E-state index is 0.275. The number of ether oxygens (including phenoxy) is 2. The number of esters is 1. The normalized spacial score (nSPS) is 10.8. The number of thiophene rings is 1. The molecule has 4 aromatic rings. The summed E-state index contributed by atoms with van der Waals surface area (Å²) in [6, 6.07) is 20.6. The van der Waals surface area contributed by atoms with E-state index in [-0.39, 0.29) is 5.75 Å². The van der Waals surface area contributed by atoms with Crippen molar-refractivity contribution in [2.24, 2.45) is 5.10 Å². The predicted octanol–water partition coefficient (Wildman–Crippen LogP) is 5.26. The van der Waals surface area contributed by atoms with Gasteiger partial charge in [0.1, 0.15) is 16.4 Å². The number of halogens is 1. The first-order valence-electron chi connectivity index (χ1n) is 10.8. The van der Waals surface area contributed by atoms with E-state index in [1.165, 1.54) is 17.6 Å². The molecule has 0 unspecified atom stereocenters. The van der Waals surface area contributed by atoms with E-state index in [2.05, 4.69) is 15.8 Å². The average Bonchev–Trinajstić information content (AvgIpc) is 3.22. The number of nitrogens with one attached hydrogen (secondary N) is 2. The minimum Gasteiger partial charge on any atom is -0.494 e. The Morgan fingerprint density at radius 1 is 0.972 bits per heavy atom. The quantitative estimate of drug-likeness (QED) is 0.113. The van der Waals surface area contributed by atoms with Crippen molar-refractivity contribution in [1.82, 2.24) is 5.43 Å². The summed E-state index contributed by atoms with van der Waals surface area (Å²) in [6.07, 6.45) is 1.33. The summed E-state index contributed by atoms with van der Waals surface area (Å²) in [6.45, 7) is 2.39. The summed E-state index contributed by atoms with van der Waals surface area (Å²) >= 11 is 7.61. The molecular weight excluding hydrogens is 502 g/mol. The number of nitrogens with zero attached hydrogens (tertiary/aromatic N) is 1. The van der Waals surface area contributed by atoms with E-state index in [9.17, 15) is 14.4 Å². The molecule has 4 rings (SSSR count). The van der Waals surface area contributed by atoms with Crippen molar-refractivity contribution >= 4 is 62.7 Å². The lowest BCUT2D eigenvalue weighted by Crippen LogP contribution is -2.32. The lowest BCUT2D eigenvalue weighted by molar-refractivity contribution is -0.136. The van der Waals surface area contributed by atoms with E-state index in [0.717, 1.165) is 10.1 Å². The SMILES string of the molecule is CCOc1ccc(NC(=O)C(=O)N/N=C/c2cccc(OC(=O)c3sc4ccccc4c3Cl)c2)cc1. The van der Waals surface area contributed by atoms with Gasteiger partial charge < -0.3 is 14.8 Å². The Bertz CT molecular complexity index is 1450. The highest BCUT2D eigenvalue weighted by atomic mass is 35.5. The van der Waals surface area contributed by atoms with Crippen LogP contribution in [0.2, 0.25) is 5.02 Å². The highest BCUT2D eigenvalue weighted by Crippen LogP contribution is 2.35. The molecular formula is C26H20ClN3O5S. The van der Waals surface area contributed by atoms with Gasteiger partial charge in [0.05, 0.1) is 17.8 Å². The van der Waals surface area contributed by atoms with Crippen LogP contribution < -0.4 is 20.2 Å². The van der Waals surface area contributed by atoms with Gasteiger partial charge >= 0.3 is 17.8 Å². The number of fused-ring (bicyclic) bond motifs is 1. The third-order valence-electron chi connectivity index (χ3n) is 4.80. The van der Waals surface area contributed by atoms with Crippen molar-refractivity contribution in [3.8, 4) is 11.5 Å². The molecule has 2 amide bonds. The number of hydrazone groups is 1. The zero-order valence-corrected chi connectivity index (χ0v) is 20.6. The molecule has 0 aliphatic rings. The maximum absolute atomic E-state index is 12.7. The number of amides is 2. The van der Waals surface area contributed by atoms with Crippen LogP contribution in [0, 0.1) is 0 Å². The molecule has 0 saturated heterocycles. The monoisotopic (exact) mass is 521 g/mol. The fourth-order valence-corrected chi connectivity index (χ4v) is 4.55. The van der Waals surface area contributed by atoms with Gasteiger partial charge in [0, 0.05) is 15.8 Å². The first-order chi connectivity index (χ1) is 17.4. The van der Waals surface area contributed by atoms with Gasteiger partial charge in [-0.3, -0.25) is 9.59 Å². The molecule has 1 heterocycles. The number of hydrogen-bond acceptors (Lipinski definition) is 7. The Morgan fingerprint density at radius 2 is 1.75 bits per heavy atom. The molecule has 1 aromatic heterocycles. The fraction of sp³-hybridized carbons (Fsp3) is 0.0769. The number of benzene rings is 3. The molecule has 0 aliphatic carbocycles. The number of carbonyl (C=O) groups is 3. The van der Waals surface area contributed by atoms with E-state index in [4.69, 9.17) is 21.1 Å². The predicted molar refractivity (Wildman–Crippen MR) is 140 cm³/mol. The van der Waals surface area contributed by atoms with Gasteiger partial charge in [0.25, 0.3) is 0 Å². The molecule has 36 heavy (non-hydrogen) atoms. The lowest BCUT2D eigenvalue weighted by Gasteiger charge is -2.06. The molecule has 0 aliphatic heterocycles. The first-order valence-corrected chi connectivity index (χ1v) is 12.0. The summed E-state index contributed by atoms with van der Waals surface area (Å²) in [5.41, 5.74) is 3.14. The van der Waals surface area contributed by atoms with Gasteiger partial charge in [0.15, 0.2) is 0 Å². The maximum atomic E-state index is 12.7. The van der Waals surface area contributed by atoms with Crippen molar-refractivity contribution in [3.63, 3.8) is 0 Å². The molecule has 0 spiro atoms. The molecule has 0 radical (unpaired) electrons. The third-order valence-corrected chi connectivity index (χ3v) is 6.45. The molecule has 8 nitrogen and oxygen atoms in total. The Balaban J connectivity index is 1.33. The Labute approximate surface area is 215 Å². The number of anilines is 1. The van der Waals surface area contributed by atoms with Crippen molar-refractivity contribution in [2.45, 2.75) is 6.92 Å². The minimum atomic E-state index is -0.942. The second kappa shape index (κ2) is 11.5. The van der Waals surface area contributed by atoms with Crippen LogP contribution in [0.15, 0.2) is 77.9 Å². The molecule has 2 N–H and O–H groups in total. The molecule has 0 saturated carbocycles. The molecule has 0 bridgehead atoms. The zero-order valence-electron chi connectivity index (χ0n) is 19.0. The summed E-state index contributed by atoms with van der Waals surface area (Å²) < 4.78 is 11.7. The van der Waals surface area contributed by atoms with Crippen LogP contribution in [-0.2, 0) is 9.59 Å². The Kier molecular flexibility index (Phi) is 7.94. The number of carbonyl (C=O) groups excluding carboxylic acids is 3. The van der Waals surface area contributed by atoms with Crippen LogP contribution in [0.1, 0.15) is 22.2 Å². The van der Waals surface area contributed by atoms with Crippen LogP contribution in [-0.4, -0.2) is 30.6 Å². The molecule has 0 atom stereocenters. The van der Waals surface area contributed by atoms with Gasteiger partial charge in [-0.25, -0.2) is 10.2 Å². The smallest absolute Gasteiger partial charge is 0.355 e. The molecule has 182 valence electrons. The average molecular weight is 522 g/mol.